The van der Waals surface area contributed by atoms with Crippen LogP contribution in [0, 0.1) is 13.8 Å². The molecule has 122 valence electrons. The molecule has 2 N–H and O–H groups in total. The lowest BCUT2D eigenvalue weighted by Gasteiger charge is -2.08. The zero-order valence-electron chi connectivity index (χ0n) is 13.8. The van der Waals surface area contributed by atoms with Crippen molar-refractivity contribution in [2.75, 3.05) is 0 Å². The zero-order valence-corrected chi connectivity index (χ0v) is 13.8. The van der Waals surface area contributed by atoms with E-state index in [0.717, 1.165) is 27.6 Å². The zero-order chi connectivity index (χ0) is 17.1. The van der Waals surface area contributed by atoms with Crippen LogP contribution in [0.25, 0.3) is 10.9 Å². The lowest BCUT2D eigenvalue weighted by molar-refractivity contribution is -0.120. The Morgan fingerprint density at radius 1 is 1.04 bits per heavy atom. The molecular weight excluding hydrogens is 300 g/mol. The van der Waals surface area contributed by atoms with Crippen LogP contribution >= 0.6 is 0 Å². The molecule has 1 amide bonds. The van der Waals surface area contributed by atoms with E-state index in [2.05, 4.69) is 10.3 Å². The van der Waals surface area contributed by atoms with Crippen molar-refractivity contribution in [2.45, 2.75) is 26.8 Å². The molecule has 1 aromatic heterocycles. The van der Waals surface area contributed by atoms with Crippen molar-refractivity contribution < 1.29 is 4.79 Å². The maximum absolute atomic E-state index is 12.1. The van der Waals surface area contributed by atoms with Crippen molar-refractivity contribution in [2.24, 2.45) is 0 Å². The number of hydrogen-bond donors (Lipinski definition) is 2. The van der Waals surface area contributed by atoms with E-state index in [1.54, 1.807) is 6.92 Å². The third-order valence-corrected chi connectivity index (χ3v) is 4.03. The Labute approximate surface area is 140 Å². The van der Waals surface area contributed by atoms with Gasteiger partial charge >= 0.3 is 0 Å². The number of nitrogens with one attached hydrogen (secondary N) is 2. The number of hydrogen-bond acceptors (Lipinski definition) is 2. The molecule has 24 heavy (non-hydrogen) atoms. The standard InChI is InChI=1S/C20H20N2O2/c1-13-4-3-5-15(8-13)11-19(23)21-12-16-6-7-18-17(10-16)9-14(2)20(24)22-18/h3-10H,11-12H2,1-2H3,(H,21,23)(H,22,24). The molecule has 0 aliphatic carbocycles. The van der Waals surface area contributed by atoms with Gasteiger partial charge in [0.1, 0.15) is 0 Å². The summed E-state index contributed by atoms with van der Waals surface area (Å²) in [5.74, 6) is -0.00153. The number of fused-ring (bicyclic) bond motifs is 1. The summed E-state index contributed by atoms with van der Waals surface area (Å²) in [4.78, 5) is 26.6. The molecule has 0 spiro atoms. The Morgan fingerprint density at radius 3 is 2.67 bits per heavy atom. The van der Waals surface area contributed by atoms with Crippen LogP contribution in [-0.4, -0.2) is 10.9 Å². The minimum atomic E-state index is -0.0679. The van der Waals surface area contributed by atoms with Crippen LogP contribution in [0.15, 0.2) is 53.3 Å². The molecule has 3 rings (SSSR count). The quantitative estimate of drug-likeness (QED) is 0.776. The number of amides is 1. The first-order chi connectivity index (χ1) is 11.5. The van der Waals surface area contributed by atoms with Gasteiger partial charge in [-0.15, -0.1) is 0 Å². The minimum absolute atomic E-state index is 0.00153. The molecule has 4 nitrogen and oxygen atoms in total. The molecule has 0 aliphatic heterocycles. The highest BCUT2D eigenvalue weighted by Crippen LogP contribution is 2.13. The van der Waals surface area contributed by atoms with Crippen LogP contribution in [-0.2, 0) is 17.8 Å². The van der Waals surface area contributed by atoms with Crippen LogP contribution in [0.2, 0.25) is 0 Å². The average Bonchev–Trinajstić information content (AvgIpc) is 2.54. The highest BCUT2D eigenvalue weighted by molar-refractivity contribution is 5.81. The Balaban J connectivity index is 1.67. The van der Waals surface area contributed by atoms with Crippen molar-refractivity contribution in [3.63, 3.8) is 0 Å². The van der Waals surface area contributed by atoms with E-state index in [1.165, 1.54) is 0 Å². The molecule has 0 fully saturated rings. The maximum Gasteiger partial charge on any atom is 0.251 e. The average molecular weight is 320 g/mol. The summed E-state index contributed by atoms with van der Waals surface area (Å²) in [6.45, 7) is 4.27. The second kappa shape index (κ2) is 6.71. The summed E-state index contributed by atoms with van der Waals surface area (Å²) in [6, 6.07) is 15.6. The lowest BCUT2D eigenvalue weighted by Crippen LogP contribution is -2.24. The molecule has 0 aliphatic rings. The van der Waals surface area contributed by atoms with Crippen molar-refractivity contribution in [3.8, 4) is 0 Å². The monoisotopic (exact) mass is 320 g/mol. The Kier molecular flexibility index (Phi) is 4.47. The van der Waals surface area contributed by atoms with E-state index in [4.69, 9.17) is 0 Å². The van der Waals surface area contributed by atoms with Crippen LogP contribution in [0.1, 0.15) is 22.3 Å². The maximum atomic E-state index is 12.1. The molecule has 0 unspecified atom stereocenters. The Bertz CT molecular complexity index is 957. The largest absolute Gasteiger partial charge is 0.352 e. The first-order valence-corrected chi connectivity index (χ1v) is 7.96. The van der Waals surface area contributed by atoms with Gasteiger partial charge in [-0.1, -0.05) is 35.9 Å². The summed E-state index contributed by atoms with van der Waals surface area (Å²) in [5.41, 5.74) is 4.59. The van der Waals surface area contributed by atoms with E-state index in [0.29, 0.717) is 18.5 Å². The molecule has 0 saturated carbocycles. The first kappa shape index (κ1) is 16.0. The van der Waals surface area contributed by atoms with Crippen molar-refractivity contribution in [1.29, 1.82) is 0 Å². The van der Waals surface area contributed by atoms with E-state index in [9.17, 15) is 9.59 Å². The molecule has 1 heterocycles. The van der Waals surface area contributed by atoms with Crippen LogP contribution in [0.5, 0.6) is 0 Å². The highest BCUT2D eigenvalue weighted by atomic mass is 16.1. The van der Waals surface area contributed by atoms with E-state index in [-0.39, 0.29) is 11.5 Å². The summed E-state index contributed by atoms with van der Waals surface area (Å²) >= 11 is 0. The van der Waals surface area contributed by atoms with Crippen LogP contribution in [0.4, 0.5) is 0 Å². The highest BCUT2D eigenvalue weighted by Gasteiger charge is 2.05. The fourth-order valence-electron chi connectivity index (χ4n) is 2.75. The number of pyridine rings is 1. The number of aryl methyl sites for hydroxylation is 2. The molecule has 2 aromatic carbocycles. The first-order valence-electron chi connectivity index (χ1n) is 7.96. The minimum Gasteiger partial charge on any atom is -0.352 e. The van der Waals surface area contributed by atoms with Gasteiger partial charge in [0, 0.05) is 17.6 Å². The summed E-state index contributed by atoms with van der Waals surface area (Å²) in [6.07, 6.45) is 0.377. The molecule has 0 saturated heterocycles. The third-order valence-electron chi connectivity index (χ3n) is 4.03. The fourth-order valence-corrected chi connectivity index (χ4v) is 2.75. The number of aromatic nitrogens is 1. The van der Waals surface area contributed by atoms with E-state index in [1.807, 2.05) is 55.5 Å². The van der Waals surface area contributed by atoms with Gasteiger partial charge in [0.25, 0.3) is 5.56 Å². The van der Waals surface area contributed by atoms with Crippen molar-refractivity contribution >= 4 is 16.8 Å². The van der Waals surface area contributed by atoms with Crippen LogP contribution < -0.4 is 10.9 Å². The van der Waals surface area contributed by atoms with Crippen molar-refractivity contribution in [1.82, 2.24) is 10.3 Å². The summed E-state index contributed by atoms with van der Waals surface area (Å²) in [7, 11) is 0. The topological polar surface area (TPSA) is 62.0 Å². The van der Waals surface area contributed by atoms with E-state index >= 15 is 0 Å². The second-order valence-electron chi connectivity index (χ2n) is 6.15. The molecule has 0 radical (unpaired) electrons. The van der Waals surface area contributed by atoms with E-state index < -0.39 is 0 Å². The number of benzene rings is 2. The number of carbonyl (C=O) groups excluding carboxylic acids is 1. The Hall–Kier alpha value is -2.88. The SMILES string of the molecule is Cc1cccc(CC(=O)NCc2ccc3[nH]c(=O)c(C)cc3c2)c1. The van der Waals surface area contributed by atoms with Gasteiger partial charge in [0.2, 0.25) is 5.91 Å². The Morgan fingerprint density at radius 2 is 1.88 bits per heavy atom. The van der Waals surface area contributed by atoms with Gasteiger partial charge in [0.05, 0.1) is 6.42 Å². The predicted molar refractivity (Wildman–Crippen MR) is 96.0 cm³/mol. The smallest absolute Gasteiger partial charge is 0.251 e. The molecule has 4 heteroatoms. The predicted octanol–water partition coefficient (Wildman–Crippen LogP) is 3.00. The van der Waals surface area contributed by atoms with Gasteiger partial charge in [-0.3, -0.25) is 9.59 Å². The fraction of sp³-hybridized carbons (Fsp3) is 0.200. The van der Waals surface area contributed by atoms with Gasteiger partial charge < -0.3 is 10.3 Å². The van der Waals surface area contributed by atoms with Gasteiger partial charge in [-0.05, 0) is 48.6 Å². The van der Waals surface area contributed by atoms with Gasteiger partial charge in [0.15, 0.2) is 0 Å². The molecular formula is C20H20N2O2. The summed E-state index contributed by atoms with van der Waals surface area (Å²) < 4.78 is 0. The van der Waals surface area contributed by atoms with Gasteiger partial charge in [-0.25, -0.2) is 0 Å². The molecule has 3 aromatic rings. The molecule has 0 atom stereocenters. The number of rotatable bonds is 4. The lowest BCUT2D eigenvalue weighted by atomic mass is 10.1. The number of H-pyrrole nitrogens is 1. The summed E-state index contributed by atoms with van der Waals surface area (Å²) in [5, 5.41) is 3.92. The van der Waals surface area contributed by atoms with Gasteiger partial charge in [-0.2, -0.15) is 0 Å². The molecule has 0 bridgehead atoms. The third kappa shape index (κ3) is 3.71. The van der Waals surface area contributed by atoms with Crippen LogP contribution in [0.3, 0.4) is 0 Å². The van der Waals surface area contributed by atoms with Crippen molar-refractivity contribution in [3.05, 3.63) is 81.1 Å². The normalized spacial score (nSPS) is 10.8. The second-order valence-corrected chi connectivity index (χ2v) is 6.15. The number of aromatic amines is 1. The number of carbonyl (C=O) groups is 1.